The van der Waals surface area contributed by atoms with Gasteiger partial charge in [-0.15, -0.1) is 0 Å². The quantitative estimate of drug-likeness (QED) is 0.633. The zero-order chi connectivity index (χ0) is 22.6. The fourth-order valence-corrected chi connectivity index (χ4v) is 4.99. The summed E-state index contributed by atoms with van der Waals surface area (Å²) < 4.78 is 5.63. The number of fused-ring (bicyclic) bond motifs is 1. The Bertz CT molecular complexity index is 1150. The third-order valence-electron chi connectivity index (χ3n) is 6.82. The van der Waals surface area contributed by atoms with E-state index in [4.69, 9.17) is 4.74 Å². The first-order valence-electron chi connectivity index (χ1n) is 11.9. The lowest BCUT2D eigenvalue weighted by Gasteiger charge is -2.33. The van der Waals surface area contributed by atoms with E-state index in [0.29, 0.717) is 18.0 Å². The highest BCUT2D eigenvalue weighted by Crippen LogP contribution is 2.26. The van der Waals surface area contributed by atoms with Gasteiger partial charge in [0.2, 0.25) is 0 Å². The largest absolute Gasteiger partial charge is 0.381 e. The number of likely N-dealkylation sites (tertiary alicyclic amines) is 1. The topological polar surface area (TPSA) is 58.6 Å². The summed E-state index contributed by atoms with van der Waals surface area (Å²) in [4.78, 5) is 28.0. The van der Waals surface area contributed by atoms with Crippen molar-refractivity contribution in [2.24, 2.45) is 0 Å². The third-order valence-corrected chi connectivity index (χ3v) is 6.82. The van der Waals surface area contributed by atoms with Crippen LogP contribution in [0.4, 0.5) is 0 Å². The number of piperidine rings is 1. The molecule has 2 amide bonds. The van der Waals surface area contributed by atoms with E-state index in [1.807, 2.05) is 65.6 Å². The van der Waals surface area contributed by atoms with E-state index >= 15 is 0 Å². The van der Waals surface area contributed by atoms with Crippen LogP contribution >= 0.6 is 0 Å². The Hall–Kier alpha value is -3.18. The molecule has 2 saturated heterocycles. The highest BCUT2D eigenvalue weighted by atomic mass is 16.5. The smallest absolute Gasteiger partial charge is 0.253 e. The Morgan fingerprint density at radius 2 is 1.76 bits per heavy atom. The van der Waals surface area contributed by atoms with Gasteiger partial charge in [0.1, 0.15) is 0 Å². The van der Waals surface area contributed by atoms with E-state index in [0.717, 1.165) is 61.8 Å². The average Bonchev–Trinajstić information content (AvgIpc) is 2.88. The van der Waals surface area contributed by atoms with Crippen LogP contribution in [0.25, 0.3) is 10.8 Å². The molecule has 3 aromatic carbocycles. The molecule has 5 nitrogen and oxygen atoms in total. The van der Waals surface area contributed by atoms with Gasteiger partial charge in [0, 0.05) is 42.8 Å². The van der Waals surface area contributed by atoms with E-state index in [2.05, 4.69) is 11.4 Å². The van der Waals surface area contributed by atoms with Crippen LogP contribution in [0.15, 0.2) is 66.7 Å². The van der Waals surface area contributed by atoms with E-state index in [1.54, 1.807) is 0 Å². The van der Waals surface area contributed by atoms with Crippen molar-refractivity contribution in [2.75, 3.05) is 26.3 Å². The highest BCUT2D eigenvalue weighted by Gasteiger charge is 2.26. The Balaban J connectivity index is 1.24. The fourth-order valence-electron chi connectivity index (χ4n) is 4.99. The number of amides is 2. The minimum Gasteiger partial charge on any atom is -0.381 e. The van der Waals surface area contributed by atoms with Crippen molar-refractivity contribution in [2.45, 2.75) is 37.6 Å². The Kier molecular flexibility index (Phi) is 6.40. The molecule has 2 unspecified atom stereocenters. The maximum Gasteiger partial charge on any atom is 0.253 e. The minimum atomic E-state index is -0.0839. The molecular weight excluding hydrogens is 412 g/mol. The maximum absolute atomic E-state index is 13.3. The molecule has 2 atom stereocenters. The van der Waals surface area contributed by atoms with E-state index in [9.17, 15) is 9.59 Å². The molecule has 1 N–H and O–H groups in total. The molecule has 33 heavy (non-hydrogen) atoms. The number of hydrogen-bond acceptors (Lipinski definition) is 3. The van der Waals surface area contributed by atoms with Crippen LogP contribution < -0.4 is 5.32 Å². The lowest BCUT2D eigenvalue weighted by atomic mass is 9.92. The van der Waals surface area contributed by atoms with E-state index in [-0.39, 0.29) is 17.9 Å². The first kappa shape index (κ1) is 21.7. The normalized spacial score (nSPS) is 21.0. The second-order valence-electron chi connectivity index (χ2n) is 9.17. The van der Waals surface area contributed by atoms with Gasteiger partial charge in [0.05, 0.1) is 6.61 Å². The molecule has 170 valence electrons. The molecule has 0 saturated carbocycles. The molecule has 0 bridgehead atoms. The number of nitrogens with one attached hydrogen (secondary N) is 1. The van der Waals surface area contributed by atoms with Crippen molar-refractivity contribution in [1.82, 2.24) is 10.2 Å². The monoisotopic (exact) mass is 442 g/mol. The molecule has 5 heteroatoms. The van der Waals surface area contributed by atoms with Gasteiger partial charge >= 0.3 is 0 Å². The van der Waals surface area contributed by atoms with Crippen LogP contribution in [0.5, 0.6) is 0 Å². The number of carbonyl (C=O) groups excluding carboxylic acids is 2. The molecule has 2 aliphatic rings. The molecule has 5 rings (SSSR count). The lowest BCUT2D eigenvalue weighted by molar-refractivity contribution is 0.0674. The highest BCUT2D eigenvalue weighted by molar-refractivity contribution is 5.99. The summed E-state index contributed by atoms with van der Waals surface area (Å²) >= 11 is 0. The van der Waals surface area contributed by atoms with Gasteiger partial charge in [-0.25, -0.2) is 0 Å². The SMILES string of the molecule is O=C(NC1CCCN(C(=O)c2cccc(C3CCCOC3)c2)C1)c1ccc2ccccc2c1. The van der Waals surface area contributed by atoms with Crippen molar-refractivity contribution in [1.29, 1.82) is 0 Å². The number of rotatable bonds is 4. The van der Waals surface area contributed by atoms with Gasteiger partial charge in [-0.1, -0.05) is 42.5 Å². The number of hydrogen-bond donors (Lipinski definition) is 1. The summed E-state index contributed by atoms with van der Waals surface area (Å²) in [6.07, 6.45) is 3.92. The first-order chi connectivity index (χ1) is 16.2. The third kappa shape index (κ3) is 4.93. The summed E-state index contributed by atoms with van der Waals surface area (Å²) in [6, 6.07) is 21.7. The summed E-state index contributed by atoms with van der Waals surface area (Å²) in [5.41, 5.74) is 2.55. The number of ether oxygens (including phenoxy) is 1. The summed E-state index contributed by atoms with van der Waals surface area (Å²) in [7, 11) is 0. The van der Waals surface area contributed by atoms with Crippen molar-refractivity contribution in [3.05, 3.63) is 83.4 Å². The van der Waals surface area contributed by atoms with Crippen molar-refractivity contribution >= 4 is 22.6 Å². The maximum atomic E-state index is 13.3. The van der Waals surface area contributed by atoms with Crippen molar-refractivity contribution in [3.63, 3.8) is 0 Å². The van der Waals surface area contributed by atoms with Gasteiger partial charge in [0.25, 0.3) is 11.8 Å². The predicted molar refractivity (Wildman–Crippen MR) is 130 cm³/mol. The predicted octanol–water partition coefficient (Wildman–Crippen LogP) is 4.77. The molecule has 0 radical (unpaired) electrons. The van der Waals surface area contributed by atoms with Gasteiger partial charge in [-0.05, 0) is 66.3 Å². The molecular formula is C28H30N2O3. The fraction of sp³-hybridized carbons (Fsp3) is 0.357. The zero-order valence-corrected chi connectivity index (χ0v) is 18.8. The second kappa shape index (κ2) is 9.75. The van der Waals surface area contributed by atoms with Crippen LogP contribution in [-0.2, 0) is 4.74 Å². The molecule has 3 aromatic rings. The molecule has 2 aliphatic heterocycles. The van der Waals surface area contributed by atoms with Crippen LogP contribution in [0.3, 0.4) is 0 Å². The van der Waals surface area contributed by atoms with Crippen LogP contribution in [0.1, 0.15) is 57.9 Å². The van der Waals surface area contributed by atoms with Gasteiger partial charge < -0.3 is 15.0 Å². The Morgan fingerprint density at radius 3 is 2.61 bits per heavy atom. The summed E-state index contributed by atoms with van der Waals surface area (Å²) in [6.45, 7) is 2.81. The average molecular weight is 443 g/mol. The number of carbonyl (C=O) groups is 2. The molecule has 2 heterocycles. The second-order valence-corrected chi connectivity index (χ2v) is 9.17. The number of nitrogens with zero attached hydrogens (tertiary/aromatic N) is 1. The van der Waals surface area contributed by atoms with Gasteiger partial charge in [-0.3, -0.25) is 9.59 Å². The van der Waals surface area contributed by atoms with Crippen LogP contribution in [0, 0.1) is 0 Å². The number of benzene rings is 3. The Morgan fingerprint density at radius 1 is 0.879 bits per heavy atom. The zero-order valence-electron chi connectivity index (χ0n) is 18.8. The van der Waals surface area contributed by atoms with E-state index < -0.39 is 0 Å². The van der Waals surface area contributed by atoms with Gasteiger partial charge in [-0.2, -0.15) is 0 Å². The van der Waals surface area contributed by atoms with Crippen molar-refractivity contribution < 1.29 is 14.3 Å². The Labute approximate surface area is 194 Å². The van der Waals surface area contributed by atoms with Crippen LogP contribution in [0.2, 0.25) is 0 Å². The minimum absolute atomic E-state index is 0.0400. The van der Waals surface area contributed by atoms with E-state index in [1.165, 1.54) is 5.56 Å². The van der Waals surface area contributed by atoms with Crippen LogP contribution in [-0.4, -0.2) is 49.1 Å². The molecule has 0 aliphatic carbocycles. The summed E-state index contributed by atoms with van der Waals surface area (Å²) in [5.74, 6) is 0.319. The van der Waals surface area contributed by atoms with Crippen molar-refractivity contribution in [3.8, 4) is 0 Å². The molecule has 2 fully saturated rings. The summed E-state index contributed by atoms with van der Waals surface area (Å²) in [5, 5.41) is 5.32. The molecule has 0 spiro atoms. The standard InChI is InChI=1S/C28H30N2O3/c31-27(23-13-12-20-6-1-2-7-21(20)16-23)29-26-11-4-14-30(18-26)28(32)24-9-3-8-22(17-24)25-10-5-15-33-19-25/h1-3,6-9,12-13,16-17,25-26H,4-5,10-11,14-15,18-19H2,(H,29,31). The first-order valence-corrected chi connectivity index (χ1v) is 11.9. The van der Waals surface area contributed by atoms with Gasteiger partial charge in [0.15, 0.2) is 0 Å². The lowest BCUT2D eigenvalue weighted by Crippen LogP contribution is -2.49. The molecule has 0 aromatic heterocycles.